The molecule has 20 heavy (non-hydrogen) atoms. The van der Waals surface area contributed by atoms with Gasteiger partial charge < -0.3 is 5.73 Å². The molecule has 2 nitrogen and oxygen atoms in total. The number of piperidine rings is 1. The van der Waals surface area contributed by atoms with Crippen molar-refractivity contribution < 1.29 is 0 Å². The molecule has 0 amide bonds. The van der Waals surface area contributed by atoms with Gasteiger partial charge in [-0.05, 0) is 49.4 Å². The summed E-state index contributed by atoms with van der Waals surface area (Å²) in [4.78, 5) is 2.61. The summed E-state index contributed by atoms with van der Waals surface area (Å²) in [7, 11) is 0. The summed E-state index contributed by atoms with van der Waals surface area (Å²) in [5.41, 5.74) is 7.37. The number of rotatable bonds is 5. The molecule has 3 heteroatoms. The fraction of sp³-hybridized carbons (Fsp3) is 0.647. The van der Waals surface area contributed by atoms with Crippen LogP contribution in [0.15, 0.2) is 24.3 Å². The molecule has 0 spiro atoms. The molecule has 2 rings (SSSR count). The lowest BCUT2D eigenvalue weighted by molar-refractivity contribution is 0.0677. The standard InChI is InChI=1S/C17H27ClN2/c1-3-13-8-9-20(16(10-13)12-19)17(4-2)14-6-5-7-15(18)11-14/h5-7,11,13,16-17H,3-4,8-10,12,19H2,1-2H3. The van der Waals surface area contributed by atoms with Gasteiger partial charge in [-0.15, -0.1) is 0 Å². The molecular weight excluding hydrogens is 268 g/mol. The Morgan fingerprint density at radius 3 is 2.80 bits per heavy atom. The number of hydrogen-bond donors (Lipinski definition) is 1. The Morgan fingerprint density at radius 1 is 1.40 bits per heavy atom. The molecule has 0 aromatic heterocycles. The molecule has 1 aliphatic heterocycles. The molecule has 3 unspecified atom stereocenters. The topological polar surface area (TPSA) is 29.3 Å². The fourth-order valence-corrected chi connectivity index (χ4v) is 3.74. The molecule has 1 aromatic rings. The molecule has 1 aliphatic rings. The number of nitrogens with two attached hydrogens (primary N) is 1. The van der Waals surface area contributed by atoms with Crippen LogP contribution in [-0.2, 0) is 0 Å². The van der Waals surface area contributed by atoms with E-state index in [-0.39, 0.29) is 0 Å². The lowest BCUT2D eigenvalue weighted by Crippen LogP contribution is -2.48. The average Bonchev–Trinajstić information content (AvgIpc) is 2.48. The Bertz CT molecular complexity index is 421. The van der Waals surface area contributed by atoms with Gasteiger partial charge in [0.1, 0.15) is 0 Å². The third kappa shape index (κ3) is 3.55. The van der Waals surface area contributed by atoms with Crippen LogP contribution in [0, 0.1) is 5.92 Å². The van der Waals surface area contributed by atoms with Gasteiger partial charge in [0, 0.05) is 23.7 Å². The Labute approximate surface area is 128 Å². The quantitative estimate of drug-likeness (QED) is 0.880. The van der Waals surface area contributed by atoms with Crippen LogP contribution < -0.4 is 5.73 Å². The van der Waals surface area contributed by atoms with Crippen LogP contribution in [0.1, 0.15) is 51.1 Å². The van der Waals surface area contributed by atoms with Crippen LogP contribution >= 0.6 is 11.6 Å². The highest BCUT2D eigenvalue weighted by Crippen LogP contribution is 2.34. The molecule has 2 N–H and O–H groups in total. The third-order valence-electron chi connectivity index (χ3n) is 4.74. The van der Waals surface area contributed by atoms with Gasteiger partial charge in [0.2, 0.25) is 0 Å². The lowest BCUT2D eigenvalue weighted by atomic mass is 9.86. The summed E-state index contributed by atoms with van der Waals surface area (Å²) in [6.45, 7) is 6.46. The van der Waals surface area contributed by atoms with E-state index in [9.17, 15) is 0 Å². The first-order chi connectivity index (χ1) is 9.69. The minimum atomic E-state index is 0.444. The van der Waals surface area contributed by atoms with E-state index < -0.39 is 0 Å². The number of nitrogens with zero attached hydrogens (tertiary/aromatic N) is 1. The van der Waals surface area contributed by atoms with Crippen molar-refractivity contribution in [2.75, 3.05) is 13.1 Å². The zero-order chi connectivity index (χ0) is 14.5. The van der Waals surface area contributed by atoms with E-state index in [0.717, 1.165) is 30.5 Å². The van der Waals surface area contributed by atoms with E-state index in [2.05, 4.69) is 36.9 Å². The summed E-state index contributed by atoms with van der Waals surface area (Å²) in [5.74, 6) is 0.844. The minimum absolute atomic E-state index is 0.444. The Morgan fingerprint density at radius 2 is 2.20 bits per heavy atom. The number of likely N-dealkylation sites (tertiary alicyclic amines) is 1. The summed E-state index contributed by atoms with van der Waals surface area (Å²) in [5, 5.41) is 0.827. The molecule has 0 bridgehead atoms. The van der Waals surface area contributed by atoms with E-state index in [0.29, 0.717) is 12.1 Å². The molecule has 1 fully saturated rings. The van der Waals surface area contributed by atoms with Gasteiger partial charge in [0.15, 0.2) is 0 Å². The summed E-state index contributed by atoms with van der Waals surface area (Å²) < 4.78 is 0. The molecule has 1 heterocycles. The van der Waals surface area contributed by atoms with Gasteiger partial charge in [0.25, 0.3) is 0 Å². The van der Waals surface area contributed by atoms with E-state index in [1.165, 1.54) is 24.8 Å². The summed E-state index contributed by atoms with van der Waals surface area (Å²) >= 11 is 6.16. The maximum atomic E-state index is 6.16. The smallest absolute Gasteiger partial charge is 0.0409 e. The van der Waals surface area contributed by atoms with E-state index >= 15 is 0 Å². The Balaban J connectivity index is 2.18. The van der Waals surface area contributed by atoms with Gasteiger partial charge in [-0.1, -0.05) is 44.0 Å². The van der Waals surface area contributed by atoms with Crippen LogP contribution in [0.3, 0.4) is 0 Å². The van der Waals surface area contributed by atoms with Crippen molar-refractivity contribution in [2.45, 2.75) is 51.6 Å². The number of halogens is 1. The van der Waals surface area contributed by atoms with Gasteiger partial charge in [0.05, 0.1) is 0 Å². The highest BCUT2D eigenvalue weighted by atomic mass is 35.5. The number of hydrogen-bond acceptors (Lipinski definition) is 2. The van der Waals surface area contributed by atoms with Crippen molar-refractivity contribution in [1.82, 2.24) is 4.90 Å². The van der Waals surface area contributed by atoms with Crippen LogP contribution in [-0.4, -0.2) is 24.0 Å². The maximum Gasteiger partial charge on any atom is 0.0409 e. The first kappa shape index (κ1) is 15.8. The highest BCUT2D eigenvalue weighted by Gasteiger charge is 2.31. The fourth-order valence-electron chi connectivity index (χ4n) is 3.54. The first-order valence-electron chi connectivity index (χ1n) is 7.90. The van der Waals surface area contributed by atoms with Crippen molar-refractivity contribution in [3.05, 3.63) is 34.9 Å². The highest BCUT2D eigenvalue weighted by molar-refractivity contribution is 6.30. The first-order valence-corrected chi connectivity index (χ1v) is 8.28. The number of benzene rings is 1. The van der Waals surface area contributed by atoms with Crippen LogP contribution in [0.2, 0.25) is 5.02 Å². The summed E-state index contributed by atoms with van der Waals surface area (Å²) in [6, 6.07) is 9.25. The Kier molecular flexibility index (Phi) is 5.88. The monoisotopic (exact) mass is 294 g/mol. The van der Waals surface area contributed by atoms with E-state index in [4.69, 9.17) is 17.3 Å². The second-order valence-electron chi connectivity index (χ2n) is 5.91. The predicted molar refractivity (Wildman–Crippen MR) is 87.0 cm³/mol. The second kappa shape index (κ2) is 7.44. The van der Waals surface area contributed by atoms with Crippen LogP contribution in [0.4, 0.5) is 0 Å². The predicted octanol–water partition coefficient (Wildman–Crippen LogP) is 4.24. The summed E-state index contributed by atoms with van der Waals surface area (Å²) in [6.07, 6.45) is 4.92. The average molecular weight is 295 g/mol. The SMILES string of the molecule is CCC1CCN(C(CC)c2cccc(Cl)c2)C(CN)C1. The van der Waals surface area contributed by atoms with Crippen molar-refractivity contribution in [1.29, 1.82) is 0 Å². The van der Waals surface area contributed by atoms with Crippen LogP contribution in [0.25, 0.3) is 0 Å². The van der Waals surface area contributed by atoms with E-state index in [1.807, 2.05) is 6.07 Å². The molecule has 0 aliphatic carbocycles. The molecule has 0 saturated carbocycles. The van der Waals surface area contributed by atoms with Gasteiger partial charge >= 0.3 is 0 Å². The van der Waals surface area contributed by atoms with Crippen molar-refractivity contribution in [2.24, 2.45) is 11.7 Å². The van der Waals surface area contributed by atoms with Gasteiger partial charge in [-0.3, -0.25) is 4.90 Å². The lowest BCUT2D eigenvalue weighted by Gasteiger charge is -2.43. The molecule has 112 valence electrons. The largest absolute Gasteiger partial charge is 0.329 e. The zero-order valence-corrected chi connectivity index (χ0v) is 13.4. The van der Waals surface area contributed by atoms with Gasteiger partial charge in [-0.25, -0.2) is 0 Å². The molecular formula is C17H27ClN2. The molecule has 1 saturated heterocycles. The minimum Gasteiger partial charge on any atom is -0.329 e. The maximum absolute atomic E-state index is 6.16. The van der Waals surface area contributed by atoms with Crippen molar-refractivity contribution in [3.8, 4) is 0 Å². The van der Waals surface area contributed by atoms with Crippen molar-refractivity contribution >= 4 is 11.6 Å². The van der Waals surface area contributed by atoms with Crippen molar-refractivity contribution in [3.63, 3.8) is 0 Å². The normalized spacial score (nSPS) is 25.6. The van der Waals surface area contributed by atoms with Crippen LogP contribution in [0.5, 0.6) is 0 Å². The zero-order valence-electron chi connectivity index (χ0n) is 12.7. The third-order valence-corrected chi connectivity index (χ3v) is 4.97. The molecule has 3 atom stereocenters. The van der Waals surface area contributed by atoms with E-state index in [1.54, 1.807) is 0 Å². The molecule has 1 aromatic carbocycles. The van der Waals surface area contributed by atoms with Gasteiger partial charge in [-0.2, -0.15) is 0 Å². The second-order valence-corrected chi connectivity index (χ2v) is 6.34. The Hall–Kier alpha value is -0.570. The molecule has 0 radical (unpaired) electrons.